The highest BCUT2D eigenvalue weighted by atomic mass is 32.2. The molecule has 0 amide bonds. The Morgan fingerprint density at radius 1 is 1.30 bits per heavy atom. The van der Waals surface area contributed by atoms with Gasteiger partial charge in [-0.1, -0.05) is 19.3 Å². The van der Waals surface area contributed by atoms with Crippen molar-refractivity contribution in [1.29, 1.82) is 0 Å². The van der Waals surface area contributed by atoms with Crippen LogP contribution in [0, 0.1) is 5.82 Å². The summed E-state index contributed by atoms with van der Waals surface area (Å²) in [5.74, 6) is -1.00. The maximum atomic E-state index is 14.1. The lowest BCUT2D eigenvalue weighted by atomic mass is 9.69. The summed E-state index contributed by atoms with van der Waals surface area (Å²) in [4.78, 5) is -0.471. The van der Waals surface area contributed by atoms with Gasteiger partial charge in [0.15, 0.2) is 9.84 Å². The minimum Gasteiger partial charge on any atom is -0.508 e. The summed E-state index contributed by atoms with van der Waals surface area (Å²) < 4.78 is 37.0. The summed E-state index contributed by atoms with van der Waals surface area (Å²) >= 11 is 0. The van der Waals surface area contributed by atoms with E-state index in [0.717, 1.165) is 50.5 Å². The molecule has 1 aliphatic rings. The zero-order chi connectivity index (χ0) is 15.0. The van der Waals surface area contributed by atoms with Crippen LogP contribution in [0.1, 0.15) is 37.7 Å². The molecular weight excluding hydrogens is 281 g/mol. The predicted octanol–water partition coefficient (Wildman–Crippen LogP) is 2.10. The number of halogens is 1. The van der Waals surface area contributed by atoms with Gasteiger partial charge in [-0.15, -0.1) is 0 Å². The van der Waals surface area contributed by atoms with Crippen molar-refractivity contribution in [2.45, 2.75) is 42.4 Å². The van der Waals surface area contributed by atoms with Gasteiger partial charge in [0, 0.05) is 29.8 Å². The van der Waals surface area contributed by atoms with Crippen molar-refractivity contribution in [1.82, 2.24) is 0 Å². The highest BCUT2D eigenvalue weighted by Crippen LogP contribution is 2.43. The molecule has 1 saturated carbocycles. The molecule has 0 saturated heterocycles. The Morgan fingerprint density at radius 2 is 1.90 bits per heavy atom. The van der Waals surface area contributed by atoms with E-state index in [-0.39, 0.29) is 5.75 Å². The highest BCUT2D eigenvalue weighted by Gasteiger charge is 2.36. The van der Waals surface area contributed by atoms with Crippen LogP contribution >= 0.6 is 0 Å². The third kappa shape index (κ3) is 2.67. The van der Waals surface area contributed by atoms with Gasteiger partial charge in [-0.05, 0) is 18.9 Å². The van der Waals surface area contributed by atoms with E-state index in [2.05, 4.69) is 0 Å². The van der Waals surface area contributed by atoms with Crippen molar-refractivity contribution in [2.75, 3.05) is 12.8 Å². The second kappa shape index (κ2) is 5.33. The lowest BCUT2D eigenvalue weighted by Crippen LogP contribution is -2.37. The van der Waals surface area contributed by atoms with Gasteiger partial charge in [0.2, 0.25) is 0 Å². The first-order valence-corrected chi connectivity index (χ1v) is 8.62. The first-order valence-electron chi connectivity index (χ1n) is 6.73. The molecule has 1 fully saturated rings. The largest absolute Gasteiger partial charge is 0.508 e. The predicted molar refractivity (Wildman–Crippen MR) is 75.0 cm³/mol. The number of benzene rings is 1. The number of aromatic hydroxyl groups is 1. The van der Waals surface area contributed by atoms with E-state index in [1.807, 2.05) is 0 Å². The van der Waals surface area contributed by atoms with Gasteiger partial charge in [-0.25, -0.2) is 12.8 Å². The molecule has 1 aliphatic carbocycles. The van der Waals surface area contributed by atoms with Crippen LogP contribution in [0.2, 0.25) is 0 Å². The van der Waals surface area contributed by atoms with E-state index in [4.69, 9.17) is 5.73 Å². The molecule has 0 atom stereocenters. The van der Waals surface area contributed by atoms with Gasteiger partial charge in [0.1, 0.15) is 16.5 Å². The number of sulfone groups is 1. The molecule has 112 valence electrons. The summed E-state index contributed by atoms with van der Waals surface area (Å²) in [6.45, 7) is 0.318. The van der Waals surface area contributed by atoms with E-state index >= 15 is 0 Å². The molecule has 2 rings (SSSR count). The zero-order valence-corrected chi connectivity index (χ0v) is 12.3. The van der Waals surface area contributed by atoms with Gasteiger partial charge in [-0.2, -0.15) is 0 Å². The molecule has 0 radical (unpaired) electrons. The van der Waals surface area contributed by atoms with Crippen molar-refractivity contribution >= 4 is 9.84 Å². The van der Waals surface area contributed by atoms with Crippen LogP contribution in [0.4, 0.5) is 4.39 Å². The lowest BCUT2D eigenvalue weighted by molar-refractivity contribution is 0.289. The van der Waals surface area contributed by atoms with Crippen LogP contribution in [0.25, 0.3) is 0 Å². The molecule has 4 nitrogen and oxygen atoms in total. The van der Waals surface area contributed by atoms with Crippen LogP contribution in [0.15, 0.2) is 17.0 Å². The zero-order valence-electron chi connectivity index (χ0n) is 11.5. The van der Waals surface area contributed by atoms with Crippen LogP contribution < -0.4 is 5.73 Å². The normalized spacial score (nSPS) is 18.9. The maximum Gasteiger partial charge on any atom is 0.178 e. The SMILES string of the molecule is CS(=O)(=O)c1cc(O)c(C2(CN)CCCCC2)cc1F. The number of rotatable bonds is 3. The van der Waals surface area contributed by atoms with Gasteiger partial charge in [-0.3, -0.25) is 0 Å². The number of phenols is 1. The van der Waals surface area contributed by atoms with E-state index < -0.39 is 26.0 Å². The third-order valence-corrected chi connectivity index (χ3v) is 5.33. The van der Waals surface area contributed by atoms with Gasteiger partial charge >= 0.3 is 0 Å². The summed E-state index contributed by atoms with van der Waals surface area (Å²) in [5, 5.41) is 10.1. The van der Waals surface area contributed by atoms with Crippen molar-refractivity contribution in [3.63, 3.8) is 0 Å². The molecule has 0 spiro atoms. The van der Waals surface area contributed by atoms with Crippen LogP contribution in [0.3, 0.4) is 0 Å². The van der Waals surface area contributed by atoms with Gasteiger partial charge < -0.3 is 10.8 Å². The molecule has 6 heteroatoms. The second-order valence-electron chi connectivity index (χ2n) is 5.62. The Balaban J connectivity index is 2.55. The smallest absolute Gasteiger partial charge is 0.178 e. The van der Waals surface area contributed by atoms with Gasteiger partial charge in [0.05, 0.1) is 0 Å². The quantitative estimate of drug-likeness (QED) is 0.896. The number of nitrogens with two attached hydrogens (primary N) is 1. The molecular formula is C14H20FNO3S. The summed E-state index contributed by atoms with van der Waals surface area (Å²) in [7, 11) is -3.70. The number of hydrogen-bond acceptors (Lipinski definition) is 4. The standard InChI is InChI=1S/C14H20FNO3S/c1-20(18,19)13-8-12(17)10(7-11(13)15)14(9-16)5-3-2-4-6-14/h7-8,17H,2-6,9,16H2,1H3. The topological polar surface area (TPSA) is 80.4 Å². The first kappa shape index (κ1) is 15.3. The molecule has 1 aromatic rings. The fourth-order valence-electron chi connectivity index (χ4n) is 3.06. The fraction of sp³-hybridized carbons (Fsp3) is 0.571. The van der Waals surface area contributed by atoms with Crippen molar-refractivity contribution < 1.29 is 17.9 Å². The Kier molecular flexibility index (Phi) is 4.07. The minimum atomic E-state index is -3.70. The van der Waals surface area contributed by atoms with Crippen LogP contribution in [0.5, 0.6) is 5.75 Å². The summed E-state index contributed by atoms with van der Waals surface area (Å²) in [5.41, 5.74) is 5.85. The Hall–Kier alpha value is -1.14. The van der Waals surface area contributed by atoms with E-state index in [9.17, 15) is 17.9 Å². The first-order chi connectivity index (χ1) is 9.30. The van der Waals surface area contributed by atoms with Crippen molar-refractivity contribution in [2.24, 2.45) is 5.73 Å². The average Bonchev–Trinajstić information content (AvgIpc) is 2.40. The molecule has 1 aromatic carbocycles. The molecule has 0 aromatic heterocycles. The number of hydrogen-bond donors (Lipinski definition) is 2. The summed E-state index contributed by atoms with van der Waals surface area (Å²) in [6.07, 6.45) is 5.55. The van der Waals surface area contributed by atoms with E-state index in [0.29, 0.717) is 12.1 Å². The van der Waals surface area contributed by atoms with Crippen molar-refractivity contribution in [3.05, 3.63) is 23.5 Å². The average molecular weight is 301 g/mol. The highest BCUT2D eigenvalue weighted by molar-refractivity contribution is 7.90. The molecule has 0 heterocycles. The van der Waals surface area contributed by atoms with Gasteiger partial charge in [0.25, 0.3) is 0 Å². The Bertz CT molecular complexity index is 607. The maximum absolute atomic E-state index is 14.1. The molecule has 0 aliphatic heterocycles. The Morgan fingerprint density at radius 3 is 2.40 bits per heavy atom. The Labute approximate surface area is 118 Å². The third-order valence-electron chi connectivity index (χ3n) is 4.22. The molecule has 3 N–H and O–H groups in total. The lowest BCUT2D eigenvalue weighted by Gasteiger charge is -2.37. The fourth-order valence-corrected chi connectivity index (χ4v) is 3.80. The molecule has 20 heavy (non-hydrogen) atoms. The second-order valence-corrected chi connectivity index (χ2v) is 7.60. The number of phenolic OH excluding ortho intramolecular Hbond substituents is 1. The van der Waals surface area contributed by atoms with Crippen LogP contribution in [-0.2, 0) is 15.3 Å². The molecule has 0 bridgehead atoms. The van der Waals surface area contributed by atoms with Crippen molar-refractivity contribution in [3.8, 4) is 5.75 Å². The van der Waals surface area contributed by atoms with E-state index in [1.54, 1.807) is 0 Å². The monoisotopic (exact) mass is 301 g/mol. The minimum absolute atomic E-state index is 0.181. The van der Waals surface area contributed by atoms with Crippen LogP contribution in [-0.4, -0.2) is 26.3 Å². The molecule has 0 unspecified atom stereocenters. The summed E-state index contributed by atoms with van der Waals surface area (Å²) in [6, 6.07) is 2.15. The van der Waals surface area contributed by atoms with E-state index in [1.165, 1.54) is 0 Å².